The van der Waals surface area contributed by atoms with Gasteiger partial charge in [0.1, 0.15) is 5.69 Å². The highest BCUT2D eigenvalue weighted by atomic mass is 32.2. The fraction of sp³-hybridized carbons (Fsp3) is 0.333. The molecule has 0 aliphatic rings. The van der Waals surface area contributed by atoms with E-state index in [1.807, 2.05) is 0 Å². The topological polar surface area (TPSA) is 106 Å². The van der Waals surface area contributed by atoms with Crippen LogP contribution in [0.4, 0.5) is 11.4 Å². The number of rotatable bonds is 5. The fourth-order valence-electron chi connectivity index (χ4n) is 1.36. The van der Waals surface area contributed by atoms with Gasteiger partial charge < -0.3 is 10.3 Å². The fourth-order valence-corrected chi connectivity index (χ4v) is 1.75. The lowest BCUT2D eigenvalue weighted by Gasteiger charge is -2.04. The maximum atomic E-state index is 10.6. The molecule has 0 radical (unpaired) electrons. The van der Waals surface area contributed by atoms with Gasteiger partial charge in [-0.1, -0.05) is 12.1 Å². The largest absolute Gasteiger partial charge is 0.393 e. The Morgan fingerprint density at radius 3 is 2.75 bits per heavy atom. The van der Waals surface area contributed by atoms with Crippen LogP contribution in [0.15, 0.2) is 18.2 Å². The summed E-state index contributed by atoms with van der Waals surface area (Å²) in [4.78, 5) is 10.1. The van der Waals surface area contributed by atoms with Gasteiger partial charge in [-0.3, -0.25) is 10.1 Å². The Morgan fingerprint density at radius 2 is 2.19 bits per heavy atom. The van der Waals surface area contributed by atoms with Crippen LogP contribution >= 0.6 is 0 Å². The standard InChI is InChI=1S/C9H12N2O4S/c10-9-7(4-2-6-16(14)15)3-1-5-8(9)11(12)13/h1,3,5H,2,4,6,10H2,(H,14,15). The number of para-hydroxylation sites is 1. The van der Waals surface area contributed by atoms with E-state index in [9.17, 15) is 14.3 Å². The van der Waals surface area contributed by atoms with E-state index < -0.39 is 16.0 Å². The Morgan fingerprint density at radius 1 is 1.50 bits per heavy atom. The maximum Gasteiger partial charge on any atom is 0.292 e. The lowest BCUT2D eigenvalue weighted by molar-refractivity contribution is -0.383. The molecule has 1 rings (SSSR count). The highest BCUT2D eigenvalue weighted by molar-refractivity contribution is 7.79. The van der Waals surface area contributed by atoms with E-state index in [2.05, 4.69) is 0 Å². The number of aryl methyl sites for hydroxylation is 1. The average Bonchev–Trinajstić information content (AvgIpc) is 2.19. The lowest BCUT2D eigenvalue weighted by Crippen LogP contribution is -2.02. The summed E-state index contributed by atoms with van der Waals surface area (Å²) in [5.74, 6) is 0.141. The monoisotopic (exact) mass is 244 g/mol. The minimum Gasteiger partial charge on any atom is -0.393 e. The Balaban J connectivity index is 2.77. The van der Waals surface area contributed by atoms with E-state index in [0.717, 1.165) is 0 Å². The summed E-state index contributed by atoms with van der Waals surface area (Å²) in [6.07, 6.45) is 0.925. The molecule has 7 heteroatoms. The molecular weight excluding hydrogens is 232 g/mol. The molecule has 1 unspecified atom stereocenters. The normalized spacial score (nSPS) is 12.3. The molecule has 16 heavy (non-hydrogen) atoms. The third kappa shape index (κ3) is 3.28. The van der Waals surface area contributed by atoms with Gasteiger partial charge in [-0.2, -0.15) is 0 Å². The van der Waals surface area contributed by atoms with Crippen molar-refractivity contribution in [1.29, 1.82) is 0 Å². The number of nitrogen functional groups attached to an aromatic ring is 1. The molecule has 0 spiro atoms. The second kappa shape index (κ2) is 5.57. The second-order valence-corrected chi connectivity index (χ2v) is 4.29. The number of nitro benzene ring substituents is 1. The van der Waals surface area contributed by atoms with Gasteiger partial charge in [0, 0.05) is 11.8 Å². The Hall–Kier alpha value is -1.47. The predicted octanol–water partition coefficient (Wildman–Crippen LogP) is 1.33. The minimum absolute atomic E-state index is 0.123. The first-order valence-corrected chi connectivity index (χ1v) is 5.89. The number of anilines is 1. The number of nitrogens with zero attached hydrogens (tertiary/aromatic N) is 1. The third-order valence-electron chi connectivity index (χ3n) is 2.14. The summed E-state index contributed by atoms with van der Waals surface area (Å²) in [5, 5.41) is 10.6. The van der Waals surface area contributed by atoms with E-state index in [4.69, 9.17) is 10.3 Å². The van der Waals surface area contributed by atoms with E-state index in [1.165, 1.54) is 6.07 Å². The van der Waals surface area contributed by atoms with Gasteiger partial charge in [-0.25, -0.2) is 4.21 Å². The number of benzene rings is 1. The first-order valence-electron chi connectivity index (χ1n) is 4.61. The van der Waals surface area contributed by atoms with Crippen molar-refractivity contribution in [3.63, 3.8) is 0 Å². The van der Waals surface area contributed by atoms with Crippen molar-refractivity contribution < 1.29 is 13.7 Å². The van der Waals surface area contributed by atoms with Crippen LogP contribution in [0.1, 0.15) is 12.0 Å². The average molecular weight is 244 g/mol. The SMILES string of the molecule is Nc1c(CCCS(=O)O)cccc1[N+](=O)[O-]. The molecule has 3 N–H and O–H groups in total. The molecule has 0 aliphatic carbocycles. The highest BCUT2D eigenvalue weighted by Crippen LogP contribution is 2.25. The van der Waals surface area contributed by atoms with Gasteiger partial charge in [0.15, 0.2) is 11.1 Å². The quantitative estimate of drug-likeness (QED) is 0.351. The minimum atomic E-state index is -1.83. The summed E-state index contributed by atoms with van der Waals surface area (Å²) in [5.41, 5.74) is 6.27. The third-order valence-corrected chi connectivity index (χ3v) is 2.77. The molecule has 0 saturated carbocycles. The van der Waals surface area contributed by atoms with Crippen molar-refractivity contribution in [1.82, 2.24) is 0 Å². The van der Waals surface area contributed by atoms with Gasteiger partial charge in [-0.15, -0.1) is 0 Å². The Kier molecular flexibility index (Phi) is 4.39. The molecule has 0 aromatic heterocycles. The zero-order chi connectivity index (χ0) is 12.1. The molecule has 0 saturated heterocycles. The Bertz CT molecular complexity index is 422. The zero-order valence-electron chi connectivity index (χ0n) is 8.46. The van der Waals surface area contributed by atoms with Crippen LogP contribution in [0.25, 0.3) is 0 Å². The van der Waals surface area contributed by atoms with Gasteiger partial charge in [0.25, 0.3) is 5.69 Å². The van der Waals surface area contributed by atoms with E-state index in [0.29, 0.717) is 18.4 Å². The predicted molar refractivity (Wildman–Crippen MR) is 61.5 cm³/mol. The molecule has 0 bridgehead atoms. The van der Waals surface area contributed by atoms with E-state index in [-0.39, 0.29) is 17.1 Å². The second-order valence-electron chi connectivity index (χ2n) is 3.24. The Labute approximate surface area is 94.9 Å². The van der Waals surface area contributed by atoms with Crippen LogP contribution in [-0.4, -0.2) is 19.4 Å². The molecule has 1 atom stereocenters. The van der Waals surface area contributed by atoms with Gasteiger partial charge in [-0.05, 0) is 18.4 Å². The van der Waals surface area contributed by atoms with E-state index in [1.54, 1.807) is 12.1 Å². The summed E-state index contributed by atoms with van der Waals surface area (Å²) >= 11 is -1.83. The maximum absolute atomic E-state index is 10.6. The van der Waals surface area contributed by atoms with Crippen LogP contribution < -0.4 is 5.73 Å². The molecule has 6 nitrogen and oxygen atoms in total. The number of nitrogens with two attached hydrogens (primary N) is 1. The molecule has 88 valence electrons. The van der Waals surface area contributed by atoms with Crippen molar-refractivity contribution in [2.45, 2.75) is 12.8 Å². The summed E-state index contributed by atoms with van der Waals surface area (Å²) in [6, 6.07) is 4.57. The first kappa shape index (κ1) is 12.6. The number of hydrogen-bond acceptors (Lipinski definition) is 4. The number of hydrogen-bond donors (Lipinski definition) is 2. The van der Waals surface area contributed by atoms with Gasteiger partial charge in [0.05, 0.1) is 4.92 Å². The summed E-state index contributed by atoms with van der Waals surface area (Å²) in [7, 11) is 0. The van der Waals surface area contributed by atoms with Crippen molar-refractivity contribution >= 4 is 22.5 Å². The van der Waals surface area contributed by atoms with Crippen LogP contribution in [0, 0.1) is 10.1 Å². The molecule has 1 aromatic carbocycles. The summed E-state index contributed by atoms with van der Waals surface area (Å²) < 4.78 is 19.0. The first-order chi connectivity index (χ1) is 7.52. The van der Waals surface area contributed by atoms with Crippen molar-refractivity contribution in [3.8, 4) is 0 Å². The highest BCUT2D eigenvalue weighted by Gasteiger charge is 2.13. The van der Waals surface area contributed by atoms with Crippen LogP contribution in [0.2, 0.25) is 0 Å². The number of nitro groups is 1. The molecule has 0 aliphatic heterocycles. The van der Waals surface area contributed by atoms with Gasteiger partial charge >= 0.3 is 0 Å². The van der Waals surface area contributed by atoms with Crippen molar-refractivity contribution in [2.75, 3.05) is 11.5 Å². The van der Waals surface area contributed by atoms with Crippen LogP contribution in [-0.2, 0) is 17.5 Å². The summed E-state index contributed by atoms with van der Waals surface area (Å²) in [6.45, 7) is 0. The molecule has 1 aromatic rings. The molecule has 0 heterocycles. The lowest BCUT2D eigenvalue weighted by atomic mass is 10.1. The zero-order valence-corrected chi connectivity index (χ0v) is 9.27. The van der Waals surface area contributed by atoms with Crippen molar-refractivity contribution in [2.24, 2.45) is 0 Å². The van der Waals surface area contributed by atoms with Crippen molar-refractivity contribution in [3.05, 3.63) is 33.9 Å². The van der Waals surface area contributed by atoms with Crippen LogP contribution in [0.3, 0.4) is 0 Å². The smallest absolute Gasteiger partial charge is 0.292 e. The molecule has 0 fully saturated rings. The van der Waals surface area contributed by atoms with Crippen LogP contribution in [0.5, 0.6) is 0 Å². The van der Waals surface area contributed by atoms with Gasteiger partial charge in [0.2, 0.25) is 0 Å². The van der Waals surface area contributed by atoms with E-state index >= 15 is 0 Å². The molecular formula is C9H12N2O4S. The molecule has 0 amide bonds.